The fourth-order valence-electron chi connectivity index (χ4n) is 7.22. The third-order valence-corrected chi connectivity index (χ3v) is 9.28. The monoisotopic (exact) mass is 519 g/mol. The molecule has 2 fully saturated rings. The molecule has 3 heterocycles. The maximum atomic E-state index is 11.9. The minimum Gasteiger partial charge on any atom is -0.478 e. The highest BCUT2D eigenvalue weighted by molar-refractivity contribution is 6.31. The van der Waals surface area contributed by atoms with Crippen molar-refractivity contribution < 1.29 is 9.90 Å². The maximum Gasteiger partial charge on any atom is 0.335 e. The van der Waals surface area contributed by atoms with Crippen molar-refractivity contribution in [2.24, 2.45) is 5.92 Å². The molecule has 0 spiro atoms. The van der Waals surface area contributed by atoms with E-state index in [1.165, 1.54) is 92.4 Å². The molecule has 6 heteroatoms. The van der Waals surface area contributed by atoms with Crippen molar-refractivity contribution in [3.63, 3.8) is 0 Å². The Morgan fingerprint density at radius 3 is 2.62 bits per heavy atom. The molecule has 1 aliphatic carbocycles. The lowest BCUT2D eigenvalue weighted by atomic mass is 9.81. The third-order valence-electron chi connectivity index (χ3n) is 9.04. The van der Waals surface area contributed by atoms with Crippen molar-refractivity contribution in [2.75, 3.05) is 38.1 Å². The van der Waals surface area contributed by atoms with Crippen molar-refractivity contribution in [3.05, 3.63) is 52.5 Å². The van der Waals surface area contributed by atoms with Gasteiger partial charge in [-0.05, 0) is 93.4 Å². The zero-order chi connectivity index (χ0) is 25.5. The van der Waals surface area contributed by atoms with Crippen LogP contribution in [0, 0.1) is 5.92 Å². The summed E-state index contributed by atoms with van der Waals surface area (Å²) < 4.78 is 2.42. The van der Waals surface area contributed by atoms with Gasteiger partial charge in [0.25, 0.3) is 0 Å². The standard InChI is InChI=1S/C31H38ClN3O2/c1-33-14-5-6-21(20-33)13-15-34-16-17-35-28-18-23(31(36)37)9-11-25(28)29(22-7-3-2-4-8-22)30(35)26-12-10-24(32)19-27(26)34/h9-12,18-19,21-22H,2-8,13-17,20H2,1H3,(H,36,37). The Hall–Kier alpha value is -2.50. The smallest absolute Gasteiger partial charge is 0.335 e. The molecule has 196 valence electrons. The molecule has 5 nitrogen and oxygen atoms in total. The molecule has 3 aromatic rings. The Morgan fingerprint density at radius 2 is 1.84 bits per heavy atom. The molecule has 0 radical (unpaired) electrons. The summed E-state index contributed by atoms with van der Waals surface area (Å²) in [5.74, 6) is 0.382. The predicted octanol–water partition coefficient (Wildman–Crippen LogP) is 7.26. The molecule has 3 aliphatic rings. The van der Waals surface area contributed by atoms with Crippen LogP contribution in [-0.2, 0) is 6.54 Å². The van der Waals surface area contributed by atoms with Crippen LogP contribution in [0.3, 0.4) is 0 Å². The van der Waals surface area contributed by atoms with Gasteiger partial charge >= 0.3 is 5.97 Å². The van der Waals surface area contributed by atoms with Gasteiger partial charge in [0.15, 0.2) is 0 Å². The van der Waals surface area contributed by atoms with Gasteiger partial charge in [-0.1, -0.05) is 36.9 Å². The van der Waals surface area contributed by atoms with Gasteiger partial charge in [0.1, 0.15) is 0 Å². The Kier molecular flexibility index (Phi) is 6.93. The second-order valence-corrected chi connectivity index (χ2v) is 11.9. The van der Waals surface area contributed by atoms with Crippen LogP contribution in [0.1, 0.15) is 73.2 Å². The Labute approximate surface area is 225 Å². The molecule has 0 amide bonds. The summed E-state index contributed by atoms with van der Waals surface area (Å²) in [7, 11) is 2.24. The summed E-state index contributed by atoms with van der Waals surface area (Å²) in [4.78, 5) is 16.9. The Morgan fingerprint density at radius 1 is 1.00 bits per heavy atom. The number of nitrogens with zero attached hydrogens (tertiary/aromatic N) is 3. The fraction of sp³-hybridized carbons (Fsp3) is 0.516. The average Bonchev–Trinajstić information content (AvgIpc) is 3.13. The number of aromatic nitrogens is 1. The number of hydrogen-bond donors (Lipinski definition) is 1. The first kappa shape index (κ1) is 24.8. The van der Waals surface area contributed by atoms with E-state index in [1.54, 1.807) is 6.07 Å². The van der Waals surface area contributed by atoms with Crippen molar-refractivity contribution >= 4 is 34.2 Å². The van der Waals surface area contributed by atoms with E-state index in [0.717, 1.165) is 36.1 Å². The van der Waals surface area contributed by atoms with Crippen LogP contribution in [0.15, 0.2) is 36.4 Å². The van der Waals surface area contributed by atoms with E-state index in [1.807, 2.05) is 12.1 Å². The molecule has 1 N–H and O–H groups in total. The topological polar surface area (TPSA) is 48.7 Å². The van der Waals surface area contributed by atoms with Crippen LogP contribution in [-0.4, -0.2) is 53.8 Å². The number of piperidine rings is 1. The van der Waals surface area contributed by atoms with Crippen LogP contribution < -0.4 is 4.90 Å². The van der Waals surface area contributed by atoms with Crippen molar-refractivity contribution in [3.8, 4) is 11.3 Å². The summed E-state index contributed by atoms with van der Waals surface area (Å²) >= 11 is 6.61. The number of aromatic carboxylic acids is 1. The highest BCUT2D eigenvalue weighted by Gasteiger charge is 2.31. The van der Waals surface area contributed by atoms with Crippen molar-refractivity contribution in [1.82, 2.24) is 9.47 Å². The van der Waals surface area contributed by atoms with Crippen LogP contribution in [0.4, 0.5) is 5.69 Å². The first-order chi connectivity index (χ1) is 18.0. The normalized spacial score (nSPS) is 21.0. The first-order valence-corrected chi connectivity index (χ1v) is 14.5. The lowest BCUT2D eigenvalue weighted by molar-refractivity contribution is 0.0697. The number of fused-ring (bicyclic) bond motifs is 5. The minimum absolute atomic E-state index is 0.363. The van der Waals surface area contributed by atoms with E-state index in [2.05, 4.69) is 39.6 Å². The van der Waals surface area contributed by atoms with E-state index in [0.29, 0.717) is 11.5 Å². The van der Waals surface area contributed by atoms with Crippen LogP contribution >= 0.6 is 11.6 Å². The highest BCUT2D eigenvalue weighted by atomic mass is 35.5. The number of likely N-dealkylation sites (tertiary alicyclic amines) is 1. The molecule has 2 aromatic carbocycles. The van der Waals surface area contributed by atoms with Gasteiger partial charge in [0, 0.05) is 53.4 Å². The predicted molar refractivity (Wildman–Crippen MR) is 152 cm³/mol. The number of hydrogen-bond acceptors (Lipinski definition) is 3. The van der Waals surface area contributed by atoms with Crippen LogP contribution in [0.25, 0.3) is 22.2 Å². The summed E-state index contributed by atoms with van der Waals surface area (Å²) in [6.07, 6.45) is 10.0. The Bertz CT molecular complexity index is 1310. The molecule has 1 saturated heterocycles. The van der Waals surface area contributed by atoms with E-state index >= 15 is 0 Å². The van der Waals surface area contributed by atoms with Gasteiger partial charge < -0.3 is 19.5 Å². The number of benzene rings is 2. The number of carbonyl (C=O) groups is 1. The summed E-state index contributed by atoms with van der Waals surface area (Å²) in [6, 6.07) is 12.1. The van der Waals surface area contributed by atoms with Gasteiger partial charge in [-0.3, -0.25) is 0 Å². The molecule has 0 bridgehead atoms. The molecule has 1 unspecified atom stereocenters. The van der Waals surface area contributed by atoms with E-state index < -0.39 is 5.97 Å². The van der Waals surface area contributed by atoms with Crippen LogP contribution in [0.2, 0.25) is 5.02 Å². The molecule has 37 heavy (non-hydrogen) atoms. The molecule has 1 saturated carbocycles. The first-order valence-electron chi connectivity index (χ1n) is 14.1. The zero-order valence-electron chi connectivity index (χ0n) is 21.9. The summed E-state index contributed by atoms with van der Waals surface area (Å²) in [5.41, 5.74) is 6.61. The van der Waals surface area contributed by atoms with Gasteiger partial charge in [-0.15, -0.1) is 0 Å². The third kappa shape index (κ3) is 4.77. The van der Waals surface area contributed by atoms with E-state index in [-0.39, 0.29) is 0 Å². The van der Waals surface area contributed by atoms with E-state index in [9.17, 15) is 9.90 Å². The summed E-state index contributed by atoms with van der Waals surface area (Å²) in [5, 5.41) is 11.8. The fourth-order valence-corrected chi connectivity index (χ4v) is 7.39. The van der Waals surface area contributed by atoms with Crippen molar-refractivity contribution in [2.45, 2.75) is 63.8 Å². The van der Waals surface area contributed by atoms with Gasteiger partial charge in [0.05, 0.1) is 11.3 Å². The molecule has 6 rings (SSSR count). The SMILES string of the molecule is CN1CCCC(CCN2CCn3c(c(C4CCCCC4)c4ccc(C(=O)O)cc43)-c3ccc(Cl)cc32)C1. The lowest BCUT2D eigenvalue weighted by Gasteiger charge is -2.32. The lowest BCUT2D eigenvalue weighted by Crippen LogP contribution is -2.35. The minimum atomic E-state index is -0.864. The van der Waals surface area contributed by atoms with Gasteiger partial charge in [0.2, 0.25) is 0 Å². The largest absolute Gasteiger partial charge is 0.478 e. The van der Waals surface area contributed by atoms with Gasteiger partial charge in [-0.25, -0.2) is 4.79 Å². The summed E-state index contributed by atoms with van der Waals surface area (Å²) in [6.45, 7) is 5.16. The highest BCUT2D eigenvalue weighted by Crippen LogP contribution is 2.48. The number of carboxylic acids is 1. The Balaban J connectivity index is 1.46. The van der Waals surface area contributed by atoms with E-state index in [4.69, 9.17) is 11.6 Å². The maximum absolute atomic E-state index is 11.9. The van der Waals surface area contributed by atoms with Crippen molar-refractivity contribution in [1.29, 1.82) is 0 Å². The number of carboxylic acid groups (broad SMARTS) is 1. The van der Waals surface area contributed by atoms with Crippen LogP contribution in [0.5, 0.6) is 0 Å². The quantitative estimate of drug-likeness (QED) is 0.385. The number of rotatable bonds is 5. The second-order valence-electron chi connectivity index (χ2n) is 11.5. The van der Waals surface area contributed by atoms with Gasteiger partial charge in [-0.2, -0.15) is 0 Å². The molecule has 1 atom stereocenters. The second kappa shape index (κ2) is 10.3. The zero-order valence-corrected chi connectivity index (χ0v) is 22.6. The molecule has 2 aliphatic heterocycles. The molecule has 1 aromatic heterocycles. The molecular weight excluding hydrogens is 482 g/mol. The average molecular weight is 520 g/mol. The number of anilines is 1. The number of halogens is 1. The molecular formula is C31H38ClN3O2.